The lowest BCUT2D eigenvalue weighted by Gasteiger charge is -2.38. The molecule has 0 radical (unpaired) electrons. The summed E-state index contributed by atoms with van der Waals surface area (Å²) in [4.78, 5) is 5.00. The molecular weight excluding hydrogens is 334 g/mol. The van der Waals surface area contributed by atoms with E-state index in [9.17, 15) is 5.11 Å². The molecule has 0 aromatic heterocycles. The molecular formula is C24H41NO2. The van der Waals surface area contributed by atoms with Crippen molar-refractivity contribution < 1.29 is 9.84 Å². The number of nitrogens with zero attached hydrogens (tertiary/aromatic N) is 1. The van der Waals surface area contributed by atoms with Crippen LogP contribution in [0.5, 0.6) is 0 Å². The second-order valence-corrected chi connectivity index (χ2v) is 9.67. The van der Waals surface area contributed by atoms with Gasteiger partial charge in [-0.1, -0.05) is 32.4 Å². The molecule has 1 N–H and O–H groups in total. The molecule has 3 nitrogen and oxygen atoms in total. The van der Waals surface area contributed by atoms with Crippen LogP contribution in [-0.2, 0) is 4.74 Å². The smallest absolute Gasteiger partial charge is 0.0634 e. The minimum Gasteiger partial charge on any atom is -0.392 e. The van der Waals surface area contributed by atoms with Crippen molar-refractivity contribution in [2.75, 3.05) is 6.54 Å². The van der Waals surface area contributed by atoms with Crippen molar-refractivity contribution in [3.63, 3.8) is 0 Å². The summed E-state index contributed by atoms with van der Waals surface area (Å²) >= 11 is 0. The van der Waals surface area contributed by atoms with Gasteiger partial charge in [-0.3, -0.25) is 4.99 Å². The second kappa shape index (κ2) is 9.22. The van der Waals surface area contributed by atoms with Gasteiger partial charge in [0, 0.05) is 24.1 Å². The van der Waals surface area contributed by atoms with Crippen LogP contribution in [0.25, 0.3) is 0 Å². The minimum atomic E-state index is -0.273. The third-order valence-corrected chi connectivity index (χ3v) is 7.46. The molecule has 3 aliphatic rings. The molecule has 3 rings (SSSR count). The number of fused-ring (bicyclic) bond motifs is 3. The summed E-state index contributed by atoms with van der Waals surface area (Å²) in [6, 6.07) is 0. The molecule has 8 atom stereocenters. The fourth-order valence-electron chi connectivity index (χ4n) is 5.71. The van der Waals surface area contributed by atoms with E-state index in [0.717, 1.165) is 38.6 Å². The van der Waals surface area contributed by atoms with Gasteiger partial charge in [-0.2, -0.15) is 0 Å². The highest BCUT2D eigenvalue weighted by Crippen LogP contribution is 2.40. The van der Waals surface area contributed by atoms with Gasteiger partial charge in [-0.15, -0.1) is 0 Å². The summed E-state index contributed by atoms with van der Waals surface area (Å²) in [6.45, 7) is 12.1. The summed E-state index contributed by atoms with van der Waals surface area (Å²) in [6.07, 6.45) is 10.9. The van der Waals surface area contributed by atoms with Gasteiger partial charge in [0.2, 0.25) is 0 Å². The van der Waals surface area contributed by atoms with Gasteiger partial charge in [0.05, 0.1) is 18.3 Å². The average Bonchev–Trinajstić information content (AvgIpc) is 3.11. The zero-order valence-electron chi connectivity index (χ0n) is 18.2. The molecule has 0 aromatic rings. The monoisotopic (exact) mass is 375 g/mol. The summed E-state index contributed by atoms with van der Waals surface area (Å²) in [5.41, 5.74) is 2.78. The van der Waals surface area contributed by atoms with Gasteiger partial charge < -0.3 is 9.84 Å². The Morgan fingerprint density at radius 2 is 1.81 bits per heavy atom. The van der Waals surface area contributed by atoms with Crippen LogP contribution in [0, 0.1) is 29.6 Å². The molecule has 3 heteroatoms. The maximum atomic E-state index is 11.3. The van der Waals surface area contributed by atoms with E-state index in [4.69, 9.17) is 9.73 Å². The number of hydrogen-bond donors (Lipinski definition) is 1. The van der Waals surface area contributed by atoms with Crippen LogP contribution in [0.3, 0.4) is 0 Å². The molecule has 0 amide bonds. The van der Waals surface area contributed by atoms with Crippen LogP contribution in [-0.4, -0.2) is 35.7 Å². The van der Waals surface area contributed by atoms with E-state index in [-0.39, 0.29) is 12.0 Å². The van der Waals surface area contributed by atoms with Gasteiger partial charge in [-0.25, -0.2) is 0 Å². The van der Waals surface area contributed by atoms with Crippen LogP contribution in [0.4, 0.5) is 0 Å². The first-order chi connectivity index (χ1) is 12.9. The molecule has 0 saturated carbocycles. The first-order valence-corrected chi connectivity index (χ1v) is 11.5. The molecule has 2 unspecified atom stereocenters. The van der Waals surface area contributed by atoms with Crippen LogP contribution in [0.1, 0.15) is 79.6 Å². The topological polar surface area (TPSA) is 41.8 Å². The largest absolute Gasteiger partial charge is 0.392 e. The van der Waals surface area contributed by atoms with Crippen LogP contribution >= 0.6 is 0 Å². The summed E-state index contributed by atoms with van der Waals surface area (Å²) < 4.78 is 6.47. The number of hydrogen-bond acceptors (Lipinski definition) is 3. The number of aliphatic imine (C=N–C) groups is 1. The van der Waals surface area contributed by atoms with Crippen LogP contribution in [0.2, 0.25) is 0 Å². The van der Waals surface area contributed by atoms with Crippen molar-refractivity contribution in [1.82, 2.24) is 0 Å². The van der Waals surface area contributed by atoms with Gasteiger partial charge in [0.1, 0.15) is 0 Å². The summed E-state index contributed by atoms with van der Waals surface area (Å²) in [7, 11) is 0. The van der Waals surface area contributed by atoms with Crippen LogP contribution < -0.4 is 0 Å². The molecule has 2 heterocycles. The lowest BCUT2D eigenvalue weighted by atomic mass is 9.69. The maximum absolute atomic E-state index is 11.3. The van der Waals surface area contributed by atoms with Crippen molar-refractivity contribution in [3.8, 4) is 0 Å². The Labute approximate surface area is 166 Å². The number of allylic oxidation sites excluding steroid dienone is 1. The average molecular weight is 376 g/mol. The van der Waals surface area contributed by atoms with E-state index in [1.807, 2.05) is 0 Å². The highest BCUT2D eigenvalue weighted by molar-refractivity contribution is 5.89. The molecule has 1 aliphatic carbocycles. The van der Waals surface area contributed by atoms with Gasteiger partial charge in [0.15, 0.2) is 0 Å². The SMILES string of the molecule is CCN=C1[C@H]2CCC(C)=C[C@@H]2C(O)C(C)CC[C@H](C)[C@@H]2CC[C@@H](C[C@@H]1C)O2. The van der Waals surface area contributed by atoms with Crippen LogP contribution in [0.15, 0.2) is 16.6 Å². The number of ether oxygens (including phenoxy) is 1. The predicted molar refractivity (Wildman–Crippen MR) is 113 cm³/mol. The van der Waals surface area contributed by atoms with Gasteiger partial charge in [0.25, 0.3) is 0 Å². The zero-order valence-corrected chi connectivity index (χ0v) is 18.2. The third-order valence-electron chi connectivity index (χ3n) is 7.46. The first kappa shape index (κ1) is 21.0. The lowest BCUT2D eigenvalue weighted by molar-refractivity contribution is 0.00292. The van der Waals surface area contributed by atoms with E-state index >= 15 is 0 Å². The fraction of sp³-hybridized carbons (Fsp3) is 0.875. The Kier molecular flexibility index (Phi) is 7.19. The molecule has 27 heavy (non-hydrogen) atoms. The number of rotatable bonds is 1. The van der Waals surface area contributed by atoms with Crippen molar-refractivity contribution in [2.24, 2.45) is 34.6 Å². The Hall–Kier alpha value is -0.670. The molecule has 0 spiro atoms. The van der Waals surface area contributed by atoms with E-state index in [1.165, 1.54) is 24.1 Å². The highest BCUT2D eigenvalue weighted by Gasteiger charge is 2.39. The van der Waals surface area contributed by atoms with E-state index in [1.54, 1.807) is 0 Å². The fourth-order valence-corrected chi connectivity index (χ4v) is 5.71. The Bertz CT molecular complexity index is 555. The standard InChI is InChI=1S/C24H41NO2/c1-6-25-23-18(5)14-19-10-12-22(27-19)16(3)8-9-17(4)24(26)21-13-15(2)7-11-20(21)23/h13,16-22,24,26H,6-12,14H2,1-5H3/t16-,17?,18-,19-,20-,21-,22-,24?/m0/s1. The lowest BCUT2D eigenvalue weighted by Crippen LogP contribution is -2.40. The number of aliphatic hydroxyl groups excluding tert-OH is 1. The Morgan fingerprint density at radius 1 is 1.07 bits per heavy atom. The van der Waals surface area contributed by atoms with E-state index in [0.29, 0.717) is 35.9 Å². The summed E-state index contributed by atoms with van der Waals surface area (Å²) in [5, 5.41) is 11.3. The highest BCUT2D eigenvalue weighted by atomic mass is 16.5. The van der Waals surface area contributed by atoms with Gasteiger partial charge >= 0.3 is 0 Å². The maximum Gasteiger partial charge on any atom is 0.0634 e. The summed E-state index contributed by atoms with van der Waals surface area (Å²) in [5.74, 6) is 1.95. The molecule has 2 saturated heterocycles. The van der Waals surface area contributed by atoms with Crippen molar-refractivity contribution in [2.45, 2.75) is 97.9 Å². The quantitative estimate of drug-likeness (QED) is 0.622. The molecule has 154 valence electrons. The van der Waals surface area contributed by atoms with Crippen molar-refractivity contribution in [3.05, 3.63) is 11.6 Å². The van der Waals surface area contributed by atoms with Crippen molar-refractivity contribution >= 4 is 5.71 Å². The minimum absolute atomic E-state index is 0.218. The molecule has 0 aromatic carbocycles. The second-order valence-electron chi connectivity index (χ2n) is 9.67. The molecule has 2 aliphatic heterocycles. The number of aliphatic hydroxyl groups is 1. The Balaban J connectivity index is 1.93. The third kappa shape index (κ3) is 4.85. The van der Waals surface area contributed by atoms with Gasteiger partial charge in [-0.05, 0) is 76.5 Å². The zero-order chi connectivity index (χ0) is 19.6. The van der Waals surface area contributed by atoms with E-state index in [2.05, 4.69) is 40.7 Å². The molecule has 2 fully saturated rings. The normalized spacial score (nSPS) is 45.4. The predicted octanol–water partition coefficient (Wildman–Crippen LogP) is 5.42. The van der Waals surface area contributed by atoms with E-state index < -0.39 is 0 Å². The first-order valence-electron chi connectivity index (χ1n) is 11.5. The van der Waals surface area contributed by atoms with Crippen molar-refractivity contribution in [1.29, 1.82) is 0 Å². The Morgan fingerprint density at radius 3 is 2.56 bits per heavy atom. The molecule has 2 bridgehead atoms.